The van der Waals surface area contributed by atoms with Crippen LogP contribution in [0.15, 0.2) is 46.8 Å². The first-order valence-electron chi connectivity index (χ1n) is 7.58. The summed E-state index contributed by atoms with van der Waals surface area (Å²) in [5.41, 5.74) is -0.0508. The molecule has 0 bridgehead atoms. The number of esters is 1. The first-order valence-corrected chi connectivity index (χ1v) is 8.84. The number of ether oxygens (including phenoxy) is 1. The summed E-state index contributed by atoms with van der Waals surface area (Å²) in [7, 11) is 1.26. The maximum Gasteiger partial charge on any atom is 0.307 e. The van der Waals surface area contributed by atoms with E-state index in [1.807, 2.05) is 0 Å². The summed E-state index contributed by atoms with van der Waals surface area (Å²) in [6.45, 7) is 0. The van der Waals surface area contributed by atoms with Crippen LogP contribution in [-0.4, -0.2) is 28.4 Å². The van der Waals surface area contributed by atoms with Crippen molar-refractivity contribution in [1.29, 1.82) is 0 Å². The Balaban J connectivity index is 1.93. The number of thiazole rings is 1. The van der Waals surface area contributed by atoms with Crippen molar-refractivity contribution in [3.8, 4) is 0 Å². The van der Waals surface area contributed by atoms with E-state index in [2.05, 4.69) is 10.3 Å². The third kappa shape index (κ3) is 3.61. The van der Waals surface area contributed by atoms with E-state index in [-0.39, 0.29) is 12.0 Å². The van der Waals surface area contributed by atoms with Crippen LogP contribution in [0, 0.1) is 0 Å². The van der Waals surface area contributed by atoms with Crippen LogP contribution in [0.25, 0.3) is 4.96 Å². The molecule has 7 nitrogen and oxygen atoms in total. The second-order valence-corrected chi connectivity index (χ2v) is 6.64. The summed E-state index contributed by atoms with van der Waals surface area (Å²) in [6, 6.07) is 6.09. The Kier molecular flexibility index (Phi) is 5.34. The SMILES string of the molecule is COC(=O)CC(NC(=O)c1cnc2sccn2c1=O)c1ccccc1Cl. The molecule has 2 heterocycles. The summed E-state index contributed by atoms with van der Waals surface area (Å²) in [6.07, 6.45) is 2.65. The molecule has 0 spiro atoms. The van der Waals surface area contributed by atoms with Crippen LogP contribution in [-0.2, 0) is 9.53 Å². The molecule has 2 aromatic heterocycles. The molecule has 0 saturated heterocycles. The zero-order valence-electron chi connectivity index (χ0n) is 13.6. The van der Waals surface area contributed by atoms with E-state index in [1.54, 1.807) is 35.8 Å². The number of fused-ring (bicyclic) bond motifs is 1. The van der Waals surface area contributed by atoms with Crippen molar-refractivity contribution < 1.29 is 14.3 Å². The smallest absolute Gasteiger partial charge is 0.307 e. The topological polar surface area (TPSA) is 89.8 Å². The Morgan fingerprint density at radius 2 is 2.15 bits per heavy atom. The largest absolute Gasteiger partial charge is 0.469 e. The second-order valence-electron chi connectivity index (χ2n) is 5.36. The normalized spacial score (nSPS) is 11.9. The molecule has 26 heavy (non-hydrogen) atoms. The van der Waals surface area contributed by atoms with Gasteiger partial charge in [0, 0.05) is 22.8 Å². The van der Waals surface area contributed by atoms with Crippen molar-refractivity contribution in [2.45, 2.75) is 12.5 Å². The number of halogens is 1. The summed E-state index contributed by atoms with van der Waals surface area (Å²) < 4.78 is 5.99. The average molecular weight is 392 g/mol. The van der Waals surface area contributed by atoms with Gasteiger partial charge in [-0.05, 0) is 11.6 Å². The van der Waals surface area contributed by atoms with E-state index in [0.29, 0.717) is 15.5 Å². The molecule has 1 aromatic carbocycles. The zero-order chi connectivity index (χ0) is 18.7. The highest BCUT2D eigenvalue weighted by molar-refractivity contribution is 7.15. The summed E-state index contributed by atoms with van der Waals surface area (Å²) in [4.78, 5) is 41.4. The van der Waals surface area contributed by atoms with E-state index in [0.717, 1.165) is 0 Å². The minimum atomic E-state index is -0.744. The number of hydrogen-bond acceptors (Lipinski definition) is 6. The van der Waals surface area contributed by atoms with Crippen LogP contribution >= 0.6 is 22.9 Å². The fourth-order valence-corrected chi connectivity index (χ4v) is 3.41. The van der Waals surface area contributed by atoms with Crippen molar-refractivity contribution in [3.63, 3.8) is 0 Å². The van der Waals surface area contributed by atoms with Gasteiger partial charge in [-0.1, -0.05) is 29.8 Å². The van der Waals surface area contributed by atoms with Crippen LogP contribution in [0.1, 0.15) is 28.4 Å². The number of benzene rings is 1. The molecule has 9 heteroatoms. The quantitative estimate of drug-likeness (QED) is 0.675. The Bertz CT molecular complexity index is 1030. The molecule has 1 unspecified atom stereocenters. The molecule has 0 aliphatic carbocycles. The van der Waals surface area contributed by atoms with Gasteiger partial charge in [0.2, 0.25) is 0 Å². The van der Waals surface area contributed by atoms with Crippen LogP contribution in [0.5, 0.6) is 0 Å². The summed E-state index contributed by atoms with van der Waals surface area (Å²) in [5, 5.41) is 4.78. The van der Waals surface area contributed by atoms with E-state index in [4.69, 9.17) is 16.3 Å². The lowest BCUT2D eigenvalue weighted by Crippen LogP contribution is -2.35. The van der Waals surface area contributed by atoms with E-state index in [1.165, 1.54) is 29.0 Å². The number of amides is 1. The van der Waals surface area contributed by atoms with Crippen LogP contribution in [0.2, 0.25) is 5.02 Å². The number of carbonyl (C=O) groups is 2. The van der Waals surface area contributed by atoms with E-state index < -0.39 is 23.5 Å². The van der Waals surface area contributed by atoms with Crippen molar-refractivity contribution in [2.24, 2.45) is 0 Å². The van der Waals surface area contributed by atoms with Gasteiger partial charge >= 0.3 is 5.97 Å². The molecule has 1 amide bonds. The van der Waals surface area contributed by atoms with Crippen molar-refractivity contribution in [1.82, 2.24) is 14.7 Å². The second kappa shape index (κ2) is 7.67. The third-order valence-corrected chi connectivity index (χ3v) is 4.89. The molecular weight excluding hydrogens is 378 g/mol. The van der Waals surface area contributed by atoms with Crippen molar-refractivity contribution >= 4 is 39.8 Å². The standard InChI is InChI=1S/C17H14ClN3O4S/c1-25-14(22)8-13(10-4-2-3-5-12(10)18)20-15(23)11-9-19-17-21(16(11)24)6-7-26-17/h2-7,9,13H,8H2,1H3,(H,20,23). The molecule has 134 valence electrons. The Morgan fingerprint density at radius 1 is 1.38 bits per heavy atom. The fraction of sp³-hybridized carbons (Fsp3) is 0.176. The van der Waals surface area contributed by atoms with Crippen molar-refractivity contribution in [3.05, 3.63) is 68.5 Å². The van der Waals surface area contributed by atoms with E-state index >= 15 is 0 Å². The number of nitrogens with zero attached hydrogens (tertiary/aromatic N) is 2. The maximum absolute atomic E-state index is 12.6. The van der Waals surface area contributed by atoms with Gasteiger partial charge in [0.1, 0.15) is 5.56 Å². The molecule has 1 N–H and O–H groups in total. The van der Waals surface area contributed by atoms with Gasteiger partial charge in [-0.15, -0.1) is 11.3 Å². The Labute approximate surface area is 157 Å². The monoisotopic (exact) mass is 391 g/mol. The Hall–Kier alpha value is -2.71. The maximum atomic E-state index is 12.6. The number of aromatic nitrogens is 2. The van der Waals surface area contributed by atoms with Crippen LogP contribution in [0.4, 0.5) is 0 Å². The van der Waals surface area contributed by atoms with Crippen LogP contribution < -0.4 is 10.9 Å². The lowest BCUT2D eigenvalue weighted by atomic mass is 10.0. The van der Waals surface area contributed by atoms with Gasteiger partial charge < -0.3 is 10.1 Å². The van der Waals surface area contributed by atoms with Gasteiger partial charge in [0.15, 0.2) is 4.96 Å². The first kappa shape index (κ1) is 18.1. The number of hydrogen-bond donors (Lipinski definition) is 1. The molecular formula is C17H14ClN3O4S. The molecule has 0 fully saturated rings. The fourth-order valence-electron chi connectivity index (χ4n) is 2.46. The summed E-state index contributed by atoms with van der Waals surface area (Å²) >= 11 is 7.48. The molecule has 0 aliphatic rings. The highest BCUT2D eigenvalue weighted by Crippen LogP contribution is 2.25. The van der Waals surface area contributed by atoms with E-state index in [9.17, 15) is 14.4 Å². The third-order valence-electron chi connectivity index (χ3n) is 3.77. The van der Waals surface area contributed by atoms with Gasteiger partial charge in [0.05, 0.1) is 19.6 Å². The van der Waals surface area contributed by atoms with Gasteiger partial charge in [0.25, 0.3) is 11.5 Å². The highest BCUT2D eigenvalue weighted by Gasteiger charge is 2.23. The number of carbonyl (C=O) groups excluding carboxylic acids is 2. The molecule has 1 atom stereocenters. The Morgan fingerprint density at radius 3 is 2.88 bits per heavy atom. The molecule has 3 rings (SSSR count). The molecule has 0 aliphatic heterocycles. The molecule has 0 saturated carbocycles. The molecule has 3 aromatic rings. The minimum absolute atomic E-state index is 0.122. The molecule has 0 radical (unpaired) electrons. The number of methoxy groups -OCH3 is 1. The van der Waals surface area contributed by atoms with Gasteiger partial charge in [-0.2, -0.15) is 0 Å². The van der Waals surface area contributed by atoms with Crippen LogP contribution in [0.3, 0.4) is 0 Å². The highest BCUT2D eigenvalue weighted by atomic mass is 35.5. The average Bonchev–Trinajstić information content (AvgIpc) is 3.11. The lowest BCUT2D eigenvalue weighted by Gasteiger charge is -2.19. The predicted octanol–water partition coefficient (Wildman–Crippen LogP) is 2.44. The van der Waals surface area contributed by atoms with Gasteiger partial charge in [-0.3, -0.25) is 18.8 Å². The first-order chi connectivity index (χ1) is 12.5. The zero-order valence-corrected chi connectivity index (χ0v) is 15.2. The number of rotatable bonds is 5. The van der Waals surface area contributed by atoms with Gasteiger partial charge in [-0.25, -0.2) is 4.98 Å². The lowest BCUT2D eigenvalue weighted by molar-refractivity contribution is -0.141. The predicted molar refractivity (Wildman–Crippen MR) is 97.6 cm³/mol. The summed E-state index contributed by atoms with van der Waals surface area (Å²) in [5.74, 6) is -1.16. The van der Waals surface area contributed by atoms with Crippen molar-refractivity contribution in [2.75, 3.05) is 7.11 Å². The number of nitrogens with one attached hydrogen (secondary N) is 1. The minimum Gasteiger partial charge on any atom is -0.469 e.